The summed E-state index contributed by atoms with van der Waals surface area (Å²) in [5, 5.41) is 6.43. The first-order chi connectivity index (χ1) is 16.1. The second-order valence-corrected chi connectivity index (χ2v) is 8.68. The average molecular weight is 441 g/mol. The molecule has 4 aromatic rings. The highest BCUT2D eigenvalue weighted by Gasteiger charge is 2.21. The first-order valence-corrected chi connectivity index (χ1v) is 11.3. The summed E-state index contributed by atoms with van der Waals surface area (Å²) in [5.41, 5.74) is 5.91. The van der Waals surface area contributed by atoms with Gasteiger partial charge in [-0.15, -0.1) is 0 Å². The highest BCUT2D eigenvalue weighted by atomic mass is 16.2. The number of hydrogen-bond donors (Lipinski definition) is 2. The first-order valence-electron chi connectivity index (χ1n) is 11.3. The van der Waals surface area contributed by atoms with E-state index in [0.717, 1.165) is 54.1 Å². The maximum atomic E-state index is 13.2. The van der Waals surface area contributed by atoms with Gasteiger partial charge in [-0.25, -0.2) is 4.98 Å². The summed E-state index contributed by atoms with van der Waals surface area (Å²) in [5.74, 6) is 0.888. The molecule has 0 bridgehead atoms. The van der Waals surface area contributed by atoms with Crippen molar-refractivity contribution in [2.45, 2.75) is 32.9 Å². The summed E-state index contributed by atoms with van der Waals surface area (Å²) < 4.78 is 1.90. The monoisotopic (exact) mass is 440 g/mol. The van der Waals surface area contributed by atoms with Crippen molar-refractivity contribution < 1.29 is 4.79 Å². The van der Waals surface area contributed by atoms with Gasteiger partial charge in [-0.05, 0) is 62.7 Å². The van der Waals surface area contributed by atoms with Crippen molar-refractivity contribution in [3.8, 4) is 0 Å². The van der Waals surface area contributed by atoms with Gasteiger partial charge in [0.05, 0.1) is 5.69 Å². The van der Waals surface area contributed by atoms with Gasteiger partial charge in [0.2, 0.25) is 5.95 Å². The maximum absolute atomic E-state index is 13.2. The average Bonchev–Trinajstić information content (AvgIpc) is 3.09. The van der Waals surface area contributed by atoms with Gasteiger partial charge >= 0.3 is 0 Å². The van der Waals surface area contributed by atoms with Gasteiger partial charge in [-0.2, -0.15) is 4.98 Å². The normalized spacial score (nSPS) is 14.0. The quantitative estimate of drug-likeness (QED) is 0.485. The van der Waals surface area contributed by atoms with Gasteiger partial charge in [0.15, 0.2) is 0 Å². The van der Waals surface area contributed by atoms with Crippen molar-refractivity contribution in [3.63, 3.8) is 0 Å². The zero-order chi connectivity index (χ0) is 22.8. The number of nitrogens with one attached hydrogen (secondary N) is 2. The minimum atomic E-state index is -0.226. The molecular weight excluding hydrogens is 412 g/mol. The Balaban J connectivity index is 1.46. The molecule has 0 fully saturated rings. The van der Waals surface area contributed by atoms with E-state index in [9.17, 15) is 4.79 Å². The molecule has 168 valence electrons. The fourth-order valence-corrected chi connectivity index (χ4v) is 4.38. The molecule has 1 aromatic carbocycles. The summed E-state index contributed by atoms with van der Waals surface area (Å²) >= 11 is 0. The standard InChI is InChI=1S/C26H28N6O/c1-18-14-20-10-6-12-23(32(20)16-18)25(33)30-26-28-22-11-7-13-31(2)17-21(22)24(29-26)27-15-19-8-4-3-5-9-19/h3-6,8-10,12,14,16H,7,11,13,15,17H2,1-2H3,(H2,27,28,29,30,33). The Bertz CT molecular complexity index is 1300. The van der Waals surface area contributed by atoms with Gasteiger partial charge < -0.3 is 14.6 Å². The molecule has 0 unspecified atom stereocenters. The van der Waals surface area contributed by atoms with Crippen molar-refractivity contribution in [1.82, 2.24) is 19.3 Å². The van der Waals surface area contributed by atoms with E-state index in [-0.39, 0.29) is 5.91 Å². The van der Waals surface area contributed by atoms with Crippen molar-refractivity contribution in [1.29, 1.82) is 0 Å². The molecule has 0 saturated heterocycles. The minimum Gasteiger partial charge on any atom is -0.366 e. The van der Waals surface area contributed by atoms with Crippen LogP contribution in [0.5, 0.6) is 0 Å². The van der Waals surface area contributed by atoms with Gasteiger partial charge in [-0.3, -0.25) is 10.1 Å². The zero-order valence-corrected chi connectivity index (χ0v) is 19.0. The van der Waals surface area contributed by atoms with Crippen molar-refractivity contribution >= 4 is 23.2 Å². The summed E-state index contributed by atoms with van der Waals surface area (Å²) in [4.78, 5) is 25.0. The number of fused-ring (bicyclic) bond motifs is 2. The molecular formula is C26H28N6O. The molecule has 1 aliphatic rings. The van der Waals surface area contributed by atoms with Crippen LogP contribution in [0.15, 0.2) is 60.8 Å². The molecule has 0 aliphatic carbocycles. The number of hydrogen-bond acceptors (Lipinski definition) is 5. The molecule has 2 N–H and O–H groups in total. The highest BCUT2D eigenvalue weighted by molar-refractivity contribution is 6.02. The van der Waals surface area contributed by atoms with Crippen LogP contribution in [0.3, 0.4) is 0 Å². The van der Waals surface area contributed by atoms with Crippen LogP contribution in [0.4, 0.5) is 11.8 Å². The Labute approximate surface area is 193 Å². The number of carbonyl (C=O) groups excluding carboxylic acids is 1. The maximum Gasteiger partial charge on any atom is 0.274 e. The lowest BCUT2D eigenvalue weighted by Gasteiger charge is -2.18. The van der Waals surface area contributed by atoms with Crippen LogP contribution in [0, 0.1) is 6.92 Å². The molecule has 7 nitrogen and oxygen atoms in total. The highest BCUT2D eigenvalue weighted by Crippen LogP contribution is 2.25. The third kappa shape index (κ3) is 4.59. The third-order valence-electron chi connectivity index (χ3n) is 6.00. The number of benzene rings is 1. The number of pyridine rings is 1. The zero-order valence-electron chi connectivity index (χ0n) is 19.0. The Morgan fingerprint density at radius 2 is 1.94 bits per heavy atom. The lowest BCUT2D eigenvalue weighted by Crippen LogP contribution is -2.21. The molecule has 0 radical (unpaired) electrons. The van der Waals surface area contributed by atoms with E-state index >= 15 is 0 Å². The lowest BCUT2D eigenvalue weighted by molar-refractivity contribution is 0.102. The molecule has 1 amide bonds. The van der Waals surface area contributed by atoms with E-state index < -0.39 is 0 Å². The topological polar surface area (TPSA) is 74.6 Å². The van der Waals surface area contributed by atoms with Crippen LogP contribution in [0.2, 0.25) is 0 Å². The molecule has 0 atom stereocenters. The van der Waals surface area contributed by atoms with Crippen LogP contribution in [-0.2, 0) is 19.5 Å². The molecule has 0 spiro atoms. The molecule has 5 rings (SSSR count). The number of amides is 1. The fourth-order valence-electron chi connectivity index (χ4n) is 4.38. The van der Waals surface area contributed by atoms with Crippen LogP contribution >= 0.6 is 0 Å². The van der Waals surface area contributed by atoms with Crippen LogP contribution in [0.25, 0.3) is 5.52 Å². The first kappa shape index (κ1) is 21.2. The molecule has 33 heavy (non-hydrogen) atoms. The largest absolute Gasteiger partial charge is 0.366 e. The predicted molar refractivity (Wildman–Crippen MR) is 131 cm³/mol. The van der Waals surface area contributed by atoms with E-state index in [2.05, 4.69) is 40.8 Å². The van der Waals surface area contributed by atoms with Gasteiger partial charge in [0.1, 0.15) is 11.5 Å². The minimum absolute atomic E-state index is 0.226. The van der Waals surface area contributed by atoms with E-state index in [1.165, 1.54) is 5.56 Å². The SMILES string of the molecule is Cc1cc2cccc(C(=O)Nc3nc4c(c(NCc5ccccc5)n3)CN(C)CCC4)n2c1. The summed E-state index contributed by atoms with van der Waals surface area (Å²) in [6.45, 7) is 4.46. The third-order valence-corrected chi connectivity index (χ3v) is 6.00. The summed E-state index contributed by atoms with van der Waals surface area (Å²) in [6.07, 6.45) is 3.84. The van der Waals surface area contributed by atoms with Crippen LogP contribution in [0.1, 0.15) is 39.3 Å². The summed E-state index contributed by atoms with van der Waals surface area (Å²) in [6, 6.07) is 18.0. The van der Waals surface area contributed by atoms with Crippen molar-refractivity contribution in [2.75, 3.05) is 24.2 Å². The van der Waals surface area contributed by atoms with E-state index in [4.69, 9.17) is 9.97 Å². The second kappa shape index (κ2) is 9.03. The van der Waals surface area contributed by atoms with Gasteiger partial charge in [-0.1, -0.05) is 36.4 Å². The smallest absolute Gasteiger partial charge is 0.274 e. The van der Waals surface area contributed by atoms with E-state index in [0.29, 0.717) is 18.2 Å². The van der Waals surface area contributed by atoms with E-state index in [1.807, 2.05) is 53.9 Å². The Hall–Kier alpha value is -3.71. The molecule has 4 heterocycles. The molecule has 7 heteroatoms. The number of rotatable bonds is 5. The number of aryl methyl sites for hydroxylation is 2. The number of anilines is 2. The van der Waals surface area contributed by atoms with Crippen LogP contribution in [-0.4, -0.2) is 38.8 Å². The van der Waals surface area contributed by atoms with Crippen molar-refractivity contribution in [3.05, 3.63) is 88.9 Å². The Morgan fingerprint density at radius 3 is 2.79 bits per heavy atom. The molecule has 0 saturated carbocycles. The Kier molecular flexibility index (Phi) is 5.79. The van der Waals surface area contributed by atoms with Crippen molar-refractivity contribution in [2.24, 2.45) is 0 Å². The molecule has 3 aromatic heterocycles. The van der Waals surface area contributed by atoms with Gasteiger partial charge in [0, 0.05) is 30.4 Å². The van der Waals surface area contributed by atoms with Gasteiger partial charge in [0.25, 0.3) is 5.91 Å². The van der Waals surface area contributed by atoms with Crippen LogP contribution < -0.4 is 10.6 Å². The lowest BCUT2D eigenvalue weighted by atomic mass is 10.1. The fraction of sp³-hybridized carbons (Fsp3) is 0.269. The van der Waals surface area contributed by atoms with E-state index in [1.54, 1.807) is 0 Å². The Morgan fingerprint density at radius 1 is 1.09 bits per heavy atom. The number of nitrogens with zero attached hydrogens (tertiary/aromatic N) is 4. The molecule has 1 aliphatic heterocycles. The summed E-state index contributed by atoms with van der Waals surface area (Å²) in [7, 11) is 2.12. The number of aromatic nitrogens is 3. The predicted octanol–water partition coefficient (Wildman–Crippen LogP) is 4.28. The second-order valence-electron chi connectivity index (χ2n) is 8.68. The number of carbonyl (C=O) groups is 1.